The van der Waals surface area contributed by atoms with Crippen molar-refractivity contribution < 1.29 is 0 Å². The van der Waals surface area contributed by atoms with Gasteiger partial charge in [0.1, 0.15) is 5.82 Å². The Morgan fingerprint density at radius 1 is 0.500 bits per heavy atom. The Bertz CT molecular complexity index is 3080. The molecule has 9 aromatic rings. The fraction of sp³-hybridized carbons (Fsp3) is 0.109. The Hall–Kier alpha value is -6.97. The van der Waals surface area contributed by atoms with Crippen molar-refractivity contribution in [3.8, 4) is 45.0 Å². The van der Waals surface area contributed by atoms with E-state index in [0.29, 0.717) is 11.8 Å². The summed E-state index contributed by atoms with van der Waals surface area (Å²) in [6.45, 7) is 4.65. The van der Waals surface area contributed by atoms with Crippen LogP contribution in [0.2, 0.25) is 0 Å². The maximum absolute atomic E-state index is 5.35. The zero-order valence-corrected chi connectivity index (χ0v) is 32.8. The normalized spacial score (nSPS) is 16.3. The van der Waals surface area contributed by atoms with E-state index in [4.69, 9.17) is 4.98 Å². The Balaban J connectivity index is 1.08. The van der Waals surface area contributed by atoms with Crippen LogP contribution in [0.3, 0.4) is 0 Å². The molecule has 3 heterocycles. The lowest BCUT2D eigenvalue weighted by Gasteiger charge is -2.18. The summed E-state index contributed by atoms with van der Waals surface area (Å²) < 4.78 is 4.84. The number of nitrogens with zero attached hydrogens (tertiary/aromatic N) is 3. The van der Waals surface area contributed by atoms with Gasteiger partial charge in [0.25, 0.3) is 0 Å². The van der Waals surface area contributed by atoms with Gasteiger partial charge in [0.15, 0.2) is 0 Å². The molecule has 2 unspecified atom stereocenters. The molecule has 2 aliphatic rings. The molecule has 0 amide bonds. The van der Waals surface area contributed by atoms with Gasteiger partial charge in [0, 0.05) is 33.1 Å². The molecule has 0 spiro atoms. The molecule has 0 N–H and O–H groups in total. The first kappa shape index (κ1) is 34.3. The molecule has 2 atom stereocenters. The van der Waals surface area contributed by atoms with Crippen LogP contribution < -0.4 is 0 Å². The summed E-state index contributed by atoms with van der Waals surface area (Å²) in [5.74, 6) is 1.94. The first-order chi connectivity index (χ1) is 28.6. The van der Waals surface area contributed by atoms with Crippen molar-refractivity contribution in [2.24, 2.45) is 5.92 Å². The van der Waals surface area contributed by atoms with Gasteiger partial charge in [-0.1, -0.05) is 147 Å². The Morgan fingerprint density at radius 3 is 2.07 bits per heavy atom. The minimum atomic E-state index is 0.446. The number of pyridine rings is 1. The van der Waals surface area contributed by atoms with Crippen molar-refractivity contribution in [1.29, 1.82) is 0 Å². The molecule has 278 valence electrons. The highest BCUT2D eigenvalue weighted by Crippen LogP contribution is 2.43. The first-order valence-corrected chi connectivity index (χ1v) is 20.6. The third-order valence-corrected chi connectivity index (χ3v) is 12.3. The summed E-state index contributed by atoms with van der Waals surface area (Å²) in [5.41, 5.74) is 16.8. The second-order valence-corrected chi connectivity index (χ2v) is 16.1. The van der Waals surface area contributed by atoms with Crippen LogP contribution in [0.15, 0.2) is 182 Å². The van der Waals surface area contributed by atoms with E-state index in [9.17, 15) is 0 Å². The monoisotopic (exact) mass is 745 g/mol. The fourth-order valence-electron chi connectivity index (χ4n) is 9.32. The number of para-hydroxylation sites is 1. The predicted molar refractivity (Wildman–Crippen MR) is 245 cm³/mol. The Labute approximate surface area is 339 Å². The van der Waals surface area contributed by atoms with Crippen LogP contribution in [0.5, 0.6) is 0 Å². The van der Waals surface area contributed by atoms with Crippen LogP contribution in [-0.2, 0) is 0 Å². The van der Waals surface area contributed by atoms with Crippen molar-refractivity contribution in [3.63, 3.8) is 0 Å². The van der Waals surface area contributed by atoms with Gasteiger partial charge in [-0.25, -0.2) is 4.98 Å². The summed E-state index contributed by atoms with van der Waals surface area (Å²) in [5, 5.41) is 3.76. The predicted octanol–water partition coefficient (Wildman–Crippen LogP) is 14.6. The highest BCUT2D eigenvalue weighted by molar-refractivity contribution is 6.10. The molecule has 58 heavy (non-hydrogen) atoms. The van der Waals surface area contributed by atoms with E-state index < -0.39 is 0 Å². The minimum absolute atomic E-state index is 0.446. The van der Waals surface area contributed by atoms with Gasteiger partial charge in [0.05, 0.1) is 22.2 Å². The molecule has 3 nitrogen and oxygen atoms in total. The second-order valence-electron chi connectivity index (χ2n) is 16.1. The number of rotatable bonds is 6. The van der Waals surface area contributed by atoms with E-state index in [1.54, 1.807) is 0 Å². The van der Waals surface area contributed by atoms with Gasteiger partial charge in [-0.15, -0.1) is 0 Å². The van der Waals surface area contributed by atoms with Gasteiger partial charge in [-0.2, -0.15) is 0 Å². The largest absolute Gasteiger partial charge is 0.310 e. The van der Waals surface area contributed by atoms with Gasteiger partial charge >= 0.3 is 0 Å². The SMILES string of the molecule is CC1C=CC(c2cccc(-n3c4c(c5ccc(-c6ccc7c(c6)c6ccccc6n7-c6cc(-c7ccccc7)cc(-c7ccccc7)n6)cc53)C(C)CC=C4)c2)=CC1. The highest BCUT2D eigenvalue weighted by atomic mass is 15.1. The Kier molecular flexibility index (Phi) is 8.22. The van der Waals surface area contributed by atoms with Gasteiger partial charge in [0.2, 0.25) is 0 Å². The van der Waals surface area contributed by atoms with E-state index >= 15 is 0 Å². The first-order valence-electron chi connectivity index (χ1n) is 20.6. The quantitative estimate of drug-likeness (QED) is 0.166. The fourth-order valence-corrected chi connectivity index (χ4v) is 9.32. The number of allylic oxidation sites excluding steroid dienone is 5. The van der Waals surface area contributed by atoms with Gasteiger partial charge in [-0.05, 0) is 118 Å². The van der Waals surface area contributed by atoms with E-state index in [2.05, 4.69) is 211 Å². The number of fused-ring (bicyclic) bond motifs is 6. The average molecular weight is 746 g/mol. The minimum Gasteiger partial charge on any atom is -0.310 e. The van der Waals surface area contributed by atoms with Crippen molar-refractivity contribution >= 4 is 44.4 Å². The molecular formula is C55H43N3. The van der Waals surface area contributed by atoms with E-state index in [0.717, 1.165) is 46.5 Å². The topological polar surface area (TPSA) is 22.8 Å². The molecular weight excluding hydrogens is 703 g/mol. The molecule has 0 saturated heterocycles. The average Bonchev–Trinajstić information content (AvgIpc) is 3.80. The molecule has 6 aromatic carbocycles. The standard InChI is InChI=1S/C55H43N3/c1-36-23-25-39(26-24-36)41-18-12-19-45(31-41)57-52-22-11-13-37(2)55(52)47-29-27-43(34-53(47)57)42-28-30-51-48(32-42)46-20-9-10-21-50(46)58(51)54-35-44(38-14-5-3-6-15-38)33-49(56-54)40-16-7-4-8-17-40/h3-12,14-23,25-37H,13,24H2,1-2H3. The third-order valence-electron chi connectivity index (χ3n) is 12.3. The molecule has 2 aliphatic carbocycles. The lowest BCUT2D eigenvalue weighted by molar-refractivity contribution is 0.739. The number of hydrogen-bond acceptors (Lipinski definition) is 1. The van der Waals surface area contributed by atoms with E-state index in [1.165, 1.54) is 66.4 Å². The molecule has 3 aromatic heterocycles. The van der Waals surface area contributed by atoms with Crippen molar-refractivity contribution in [2.75, 3.05) is 0 Å². The second kappa shape index (κ2) is 13.9. The highest BCUT2D eigenvalue weighted by Gasteiger charge is 2.24. The van der Waals surface area contributed by atoms with Gasteiger partial charge < -0.3 is 4.57 Å². The molecule has 0 fully saturated rings. The summed E-state index contributed by atoms with van der Waals surface area (Å²) in [7, 11) is 0. The maximum Gasteiger partial charge on any atom is 0.138 e. The number of benzene rings is 6. The van der Waals surface area contributed by atoms with Crippen LogP contribution in [-0.4, -0.2) is 14.1 Å². The van der Waals surface area contributed by atoms with E-state index in [-0.39, 0.29) is 0 Å². The summed E-state index contributed by atoms with van der Waals surface area (Å²) in [6, 6.07) is 57.5. The molecule has 0 bridgehead atoms. The van der Waals surface area contributed by atoms with Crippen LogP contribution in [0, 0.1) is 5.92 Å². The lowest BCUT2D eigenvalue weighted by atomic mass is 9.90. The molecule has 0 aliphatic heterocycles. The molecule has 0 saturated carbocycles. The maximum atomic E-state index is 5.35. The zero-order valence-electron chi connectivity index (χ0n) is 32.8. The van der Waals surface area contributed by atoms with Gasteiger partial charge in [-0.3, -0.25) is 4.57 Å². The van der Waals surface area contributed by atoms with E-state index in [1.807, 2.05) is 0 Å². The molecule has 0 radical (unpaired) electrons. The number of hydrogen-bond donors (Lipinski definition) is 0. The summed E-state index contributed by atoms with van der Waals surface area (Å²) in [6.07, 6.45) is 13.8. The van der Waals surface area contributed by atoms with Crippen LogP contribution in [0.4, 0.5) is 0 Å². The summed E-state index contributed by atoms with van der Waals surface area (Å²) >= 11 is 0. The smallest absolute Gasteiger partial charge is 0.138 e. The van der Waals surface area contributed by atoms with Crippen molar-refractivity contribution in [2.45, 2.75) is 32.6 Å². The third kappa shape index (κ3) is 5.77. The zero-order chi connectivity index (χ0) is 38.7. The number of aromatic nitrogens is 3. The summed E-state index contributed by atoms with van der Waals surface area (Å²) in [4.78, 5) is 5.35. The van der Waals surface area contributed by atoms with Crippen molar-refractivity contribution in [1.82, 2.24) is 14.1 Å². The van der Waals surface area contributed by atoms with Crippen LogP contribution in [0.25, 0.3) is 89.4 Å². The molecule has 3 heteroatoms. The van der Waals surface area contributed by atoms with Crippen LogP contribution >= 0.6 is 0 Å². The lowest BCUT2D eigenvalue weighted by Crippen LogP contribution is -2.03. The Morgan fingerprint density at radius 2 is 1.24 bits per heavy atom. The van der Waals surface area contributed by atoms with Crippen LogP contribution in [0.1, 0.15) is 49.4 Å². The molecule has 11 rings (SSSR count). The van der Waals surface area contributed by atoms with Crippen molar-refractivity contribution in [3.05, 3.63) is 199 Å².